The van der Waals surface area contributed by atoms with E-state index in [1.807, 2.05) is 30.3 Å². The van der Waals surface area contributed by atoms with Gasteiger partial charge in [0.05, 0.1) is 22.9 Å². The summed E-state index contributed by atoms with van der Waals surface area (Å²) in [5, 5.41) is 26.2. The first-order chi connectivity index (χ1) is 25.4. The molecule has 1 saturated heterocycles. The quantitative estimate of drug-likeness (QED) is 0.109. The number of nitrogens with zero attached hydrogens (tertiary/aromatic N) is 1. The number of likely N-dealkylation sites (tertiary alicyclic amines) is 1. The second-order valence-electron chi connectivity index (χ2n) is 14.1. The zero-order chi connectivity index (χ0) is 37.7. The third kappa shape index (κ3) is 9.53. The molecule has 2 heterocycles. The number of aryl methyl sites for hydroxylation is 2. The minimum Gasteiger partial charge on any atom is -0.480 e. The lowest BCUT2D eigenvalue weighted by molar-refractivity contribution is -0.151. The van der Waals surface area contributed by atoms with Crippen molar-refractivity contribution in [2.45, 2.75) is 111 Å². The van der Waals surface area contributed by atoms with Crippen LogP contribution in [0, 0.1) is 5.92 Å². The van der Waals surface area contributed by atoms with Crippen LogP contribution in [0.4, 0.5) is 5.69 Å². The number of sulfonamides is 1. The van der Waals surface area contributed by atoms with Gasteiger partial charge in [0.1, 0.15) is 17.0 Å². The number of carboxylic acid groups (broad SMARTS) is 2. The first kappa shape index (κ1) is 39.0. The fourth-order valence-corrected chi connectivity index (χ4v) is 10.1. The van der Waals surface area contributed by atoms with Gasteiger partial charge in [-0.2, -0.15) is 0 Å². The summed E-state index contributed by atoms with van der Waals surface area (Å²) in [6.45, 7) is 1.62. The molecule has 1 aliphatic carbocycles. The van der Waals surface area contributed by atoms with Gasteiger partial charge in [-0.25, -0.2) is 22.7 Å². The Morgan fingerprint density at radius 3 is 2.40 bits per heavy atom. The number of rotatable bonds is 15. The summed E-state index contributed by atoms with van der Waals surface area (Å²) in [5.41, 5.74) is 3.55. The lowest BCUT2D eigenvalue weighted by Gasteiger charge is -2.35. The molecule has 0 aromatic heterocycles. The SMILES string of the molecule is C[C@H](N[C@@H](CCc1ccc(CNS(=O)(=O)c2cc3c(cc2Cl)NC(CCc2ccccc2)NS3)cc1)C(=O)O)C(=O)N1[C@@H]2CCCC[C@@H]2C[C@H]1C(=O)O. The van der Waals surface area contributed by atoms with Gasteiger partial charge >= 0.3 is 11.9 Å². The Morgan fingerprint density at radius 1 is 0.981 bits per heavy atom. The number of fused-ring (bicyclic) bond motifs is 2. The zero-order valence-corrected chi connectivity index (χ0v) is 31.9. The highest BCUT2D eigenvalue weighted by Crippen LogP contribution is 2.40. The van der Waals surface area contributed by atoms with E-state index < -0.39 is 40.1 Å². The van der Waals surface area contributed by atoms with Crippen LogP contribution in [-0.4, -0.2) is 71.7 Å². The molecule has 1 unspecified atom stereocenters. The molecule has 0 bridgehead atoms. The Bertz CT molecular complexity index is 1900. The van der Waals surface area contributed by atoms with Gasteiger partial charge in [0.25, 0.3) is 0 Å². The number of nitrogens with one attached hydrogen (secondary N) is 4. The molecule has 6 N–H and O–H groups in total. The number of halogens is 1. The maximum Gasteiger partial charge on any atom is 0.326 e. The minimum absolute atomic E-state index is 0.0101. The molecule has 6 atom stereocenters. The van der Waals surface area contributed by atoms with E-state index in [0.29, 0.717) is 18.4 Å². The Labute approximate surface area is 319 Å². The molecule has 15 heteroatoms. The van der Waals surface area contributed by atoms with Crippen molar-refractivity contribution in [2.75, 3.05) is 5.32 Å². The largest absolute Gasteiger partial charge is 0.480 e. The number of anilines is 1. The third-order valence-electron chi connectivity index (χ3n) is 10.5. The topological polar surface area (TPSA) is 177 Å². The molecular weight excluding hydrogens is 738 g/mol. The molecule has 12 nitrogen and oxygen atoms in total. The van der Waals surface area contributed by atoms with Crippen LogP contribution in [0.2, 0.25) is 5.02 Å². The van der Waals surface area contributed by atoms with E-state index in [1.165, 1.54) is 22.4 Å². The highest BCUT2D eigenvalue weighted by molar-refractivity contribution is 7.97. The average molecular weight is 784 g/mol. The van der Waals surface area contributed by atoms with Crippen LogP contribution in [0.25, 0.3) is 0 Å². The molecular formula is C38H46ClN5O7S2. The second kappa shape index (κ2) is 17.2. The van der Waals surface area contributed by atoms with Gasteiger partial charge in [-0.1, -0.05) is 79.0 Å². The second-order valence-corrected chi connectivity index (χ2v) is 17.1. The van der Waals surface area contributed by atoms with E-state index in [9.17, 15) is 33.0 Å². The molecule has 1 saturated carbocycles. The molecule has 3 aromatic carbocycles. The summed E-state index contributed by atoms with van der Waals surface area (Å²) >= 11 is 7.86. The molecule has 284 valence electrons. The number of carbonyl (C=O) groups is 3. The van der Waals surface area contributed by atoms with Gasteiger partial charge in [0, 0.05) is 17.5 Å². The number of hydrogen-bond donors (Lipinski definition) is 6. The number of amides is 1. The maximum atomic E-state index is 13.5. The molecule has 6 rings (SSSR count). The van der Waals surface area contributed by atoms with Gasteiger partial charge in [0.2, 0.25) is 15.9 Å². The van der Waals surface area contributed by atoms with Crippen LogP contribution in [-0.2, 0) is 43.8 Å². The van der Waals surface area contributed by atoms with Crippen molar-refractivity contribution in [1.82, 2.24) is 19.7 Å². The first-order valence-corrected chi connectivity index (χ1v) is 20.7. The fraction of sp³-hybridized carbons (Fsp3) is 0.447. The lowest BCUT2D eigenvalue weighted by atomic mass is 9.84. The van der Waals surface area contributed by atoms with Crippen LogP contribution in [0.15, 0.2) is 76.5 Å². The van der Waals surface area contributed by atoms with Crippen molar-refractivity contribution in [3.8, 4) is 0 Å². The van der Waals surface area contributed by atoms with E-state index in [4.69, 9.17) is 11.6 Å². The number of aliphatic carboxylic acids is 2. The standard InChI is InChI=1S/C38H46ClN5O7S2/c1-23(36(45)44-31-10-6-5-9-27(31)19-32(44)38(48)49)41-29(37(46)47)17-15-25-11-13-26(14-12-25)22-40-53(50,51)34-21-33-30(20-28(34)39)42-35(43-52-33)18-16-24-7-3-2-4-8-24/h2-4,7-8,11-14,20-21,23,27,29,31-32,35,40-43H,5-6,9-10,15-19,22H2,1H3,(H,46,47)(H,48,49)/t23-,27+,29-,31+,32-,35?/m0/s1. The molecule has 0 spiro atoms. The Morgan fingerprint density at radius 2 is 1.68 bits per heavy atom. The van der Waals surface area contributed by atoms with Crippen LogP contribution >= 0.6 is 23.5 Å². The number of benzene rings is 3. The van der Waals surface area contributed by atoms with E-state index in [-0.39, 0.29) is 46.9 Å². The van der Waals surface area contributed by atoms with Crippen molar-refractivity contribution in [2.24, 2.45) is 5.92 Å². The van der Waals surface area contributed by atoms with Gasteiger partial charge in [-0.15, -0.1) is 0 Å². The van der Waals surface area contributed by atoms with Crippen molar-refractivity contribution >= 4 is 57.1 Å². The van der Waals surface area contributed by atoms with Gasteiger partial charge < -0.3 is 20.4 Å². The minimum atomic E-state index is -3.95. The summed E-state index contributed by atoms with van der Waals surface area (Å²) < 4.78 is 32.6. The van der Waals surface area contributed by atoms with Crippen molar-refractivity contribution in [1.29, 1.82) is 0 Å². The maximum absolute atomic E-state index is 13.5. The predicted molar refractivity (Wildman–Crippen MR) is 204 cm³/mol. The molecule has 53 heavy (non-hydrogen) atoms. The van der Waals surface area contributed by atoms with Gasteiger partial charge in [-0.05, 0) is 98.6 Å². The average Bonchev–Trinajstić information content (AvgIpc) is 3.55. The van der Waals surface area contributed by atoms with E-state index in [0.717, 1.165) is 54.7 Å². The summed E-state index contributed by atoms with van der Waals surface area (Å²) in [5.74, 6) is -2.34. The molecule has 1 amide bonds. The van der Waals surface area contributed by atoms with Crippen molar-refractivity contribution in [3.05, 3.63) is 88.4 Å². The van der Waals surface area contributed by atoms with E-state index in [1.54, 1.807) is 31.2 Å². The smallest absolute Gasteiger partial charge is 0.326 e. The van der Waals surface area contributed by atoms with Gasteiger partial charge in [-0.3, -0.25) is 14.9 Å². The lowest BCUT2D eigenvalue weighted by Crippen LogP contribution is -2.55. The molecule has 3 aromatic rings. The third-order valence-corrected chi connectivity index (χ3v) is 13.3. The normalized spacial score (nSPS) is 22.3. The Kier molecular flexibility index (Phi) is 12.7. The number of carboxylic acids is 2. The van der Waals surface area contributed by atoms with Crippen molar-refractivity contribution in [3.63, 3.8) is 0 Å². The van der Waals surface area contributed by atoms with Crippen molar-refractivity contribution < 1.29 is 33.0 Å². The Hall–Kier alpha value is -3.66. The Balaban J connectivity index is 1.00. The zero-order valence-electron chi connectivity index (χ0n) is 29.5. The van der Waals surface area contributed by atoms with Crippen LogP contribution in [0.3, 0.4) is 0 Å². The highest BCUT2D eigenvalue weighted by atomic mass is 35.5. The van der Waals surface area contributed by atoms with E-state index >= 15 is 0 Å². The summed E-state index contributed by atoms with van der Waals surface area (Å²) in [6.07, 6.45) is 6.35. The number of hydrogen-bond acceptors (Lipinski definition) is 9. The van der Waals surface area contributed by atoms with Crippen LogP contribution < -0.4 is 20.1 Å². The van der Waals surface area contributed by atoms with Crippen LogP contribution in [0.5, 0.6) is 0 Å². The van der Waals surface area contributed by atoms with Crippen LogP contribution in [0.1, 0.15) is 68.6 Å². The highest BCUT2D eigenvalue weighted by Gasteiger charge is 2.48. The monoisotopic (exact) mass is 783 g/mol. The molecule has 2 aliphatic heterocycles. The summed E-state index contributed by atoms with van der Waals surface area (Å²) in [4.78, 5) is 39.9. The summed E-state index contributed by atoms with van der Waals surface area (Å²) in [6, 6.07) is 17.7. The van der Waals surface area contributed by atoms with Gasteiger partial charge in [0.15, 0.2) is 0 Å². The fourth-order valence-electron chi connectivity index (χ4n) is 7.64. The summed E-state index contributed by atoms with van der Waals surface area (Å²) in [7, 11) is -3.95. The molecule has 0 radical (unpaired) electrons. The van der Waals surface area contributed by atoms with E-state index in [2.05, 4.69) is 32.2 Å². The molecule has 3 aliphatic rings. The number of carbonyl (C=O) groups excluding carboxylic acids is 1. The molecule has 2 fully saturated rings. The predicted octanol–water partition coefficient (Wildman–Crippen LogP) is 5.41. The first-order valence-electron chi connectivity index (χ1n) is 18.1.